The zero-order valence-corrected chi connectivity index (χ0v) is 14.7. The van der Waals surface area contributed by atoms with Crippen LogP contribution < -0.4 is 0 Å². The summed E-state index contributed by atoms with van der Waals surface area (Å²) in [6.45, 7) is 0.379. The Morgan fingerprint density at radius 2 is 1.65 bits per heavy atom. The third-order valence-corrected chi connectivity index (χ3v) is 4.38. The maximum absolute atomic E-state index is 12.9. The summed E-state index contributed by atoms with van der Waals surface area (Å²) in [4.78, 5) is 13.7. The van der Waals surface area contributed by atoms with Gasteiger partial charge in [0, 0.05) is 19.2 Å². The number of halogens is 2. The van der Waals surface area contributed by atoms with Gasteiger partial charge in [-0.3, -0.25) is 4.79 Å². The minimum absolute atomic E-state index is 0.124. The standard InChI is InChI=1S/C18H15F2N3O2S/c1-23(10-12-2-6-14(19)7-3-12)16(24)11-26-18-22-21-17(25-18)13-4-8-15(20)9-5-13/h2-9H,10-11H2,1H3. The van der Waals surface area contributed by atoms with Crippen molar-refractivity contribution in [1.29, 1.82) is 0 Å². The molecule has 3 aromatic rings. The van der Waals surface area contributed by atoms with Crippen LogP contribution in [0.3, 0.4) is 0 Å². The van der Waals surface area contributed by atoms with Crippen molar-refractivity contribution >= 4 is 17.7 Å². The van der Waals surface area contributed by atoms with Crippen molar-refractivity contribution in [2.24, 2.45) is 0 Å². The SMILES string of the molecule is CN(Cc1ccc(F)cc1)C(=O)CSc1nnc(-c2ccc(F)cc2)o1. The molecule has 0 aliphatic carbocycles. The van der Waals surface area contributed by atoms with Gasteiger partial charge in [0.2, 0.25) is 11.8 Å². The topological polar surface area (TPSA) is 59.2 Å². The number of thioether (sulfide) groups is 1. The average molecular weight is 375 g/mol. The van der Waals surface area contributed by atoms with E-state index in [0.717, 1.165) is 17.3 Å². The summed E-state index contributed by atoms with van der Waals surface area (Å²) in [5.41, 5.74) is 1.44. The number of amides is 1. The number of aromatic nitrogens is 2. The Hall–Kier alpha value is -2.74. The van der Waals surface area contributed by atoms with Gasteiger partial charge < -0.3 is 9.32 Å². The molecule has 26 heavy (non-hydrogen) atoms. The van der Waals surface area contributed by atoms with E-state index < -0.39 is 0 Å². The lowest BCUT2D eigenvalue weighted by molar-refractivity contribution is -0.127. The second-order valence-corrected chi connectivity index (χ2v) is 6.47. The lowest BCUT2D eigenvalue weighted by Crippen LogP contribution is -2.27. The van der Waals surface area contributed by atoms with Crippen LogP contribution in [0.15, 0.2) is 58.2 Å². The zero-order valence-electron chi connectivity index (χ0n) is 13.9. The van der Waals surface area contributed by atoms with Crippen LogP contribution in [0.25, 0.3) is 11.5 Å². The van der Waals surface area contributed by atoms with Gasteiger partial charge in [-0.1, -0.05) is 23.9 Å². The molecule has 0 radical (unpaired) electrons. The fourth-order valence-electron chi connectivity index (χ4n) is 2.16. The quantitative estimate of drug-likeness (QED) is 0.614. The number of nitrogens with zero attached hydrogens (tertiary/aromatic N) is 3. The lowest BCUT2D eigenvalue weighted by atomic mass is 10.2. The van der Waals surface area contributed by atoms with Gasteiger partial charge in [0.1, 0.15) is 11.6 Å². The third kappa shape index (κ3) is 4.66. The minimum Gasteiger partial charge on any atom is -0.411 e. The average Bonchev–Trinajstić information content (AvgIpc) is 3.11. The van der Waals surface area contributed by atoms with Crippen LogP contribution in [0.5, 0.6) is 0 Å². The Balaban J connectivity index is 1.54. The van der Waals surface area contributed by atoms with Crippen LogP contribution in [0.2, 0.25) is 0 Å². The molecule has 0 aliphatic heterocycles. The minimum atomic E-state index is -0.349. The maximum atomic E-state index is 12.9. The predicted octanol–water partition coefficient (Wildman–Crippen LogP) is 3.77. The number of rotatable bonds is 6. The Bertz CT molecular complexity index is 882. The van der Waals surface area contributed by atoms with Crippen LogP contribution in [-0.4, -0.2) is 33.8 Å². The van der Waals surface area contributed by atoms with Crippen molar-refractivity contribution in [2.45, 2.75) is 11.8 Å². The predicted molar refractivity (Wildman–Crippen MR) is 93.3 cm³/mol. The van der Waals surface area contributed by atoms with Gasteiger partial charge in [-0.15, -0.1) is 10.2 Å². The molecule has 8 heteroatoms. The zero-order chi connectivity index (χ0) is 18.5. The molecule has 0 bridgehead atoms. The molecule has 2 aromatic carbocycles. The van der Waals surface area contributed by atoms with Crippen LogP contribution in [-0.2, 0) is 11.3 Å². The molecule has 0 spiro atoms. The summed E-state index contributed by atoms with van der Waals surface area (Å²) in [7, 11) is 1.67. The van der Waals surface area contributed by atoms with E-state index in [1.807, 2.05) is 0 Å². The van der Waals surface area contributed by atoms with E-state index in [4.69, 9.17) is 4.42 Å². The van der Waals surface area contributed by atoms with E-state index in [0.29, 0.717) is 12.1 Å². The number of hydrogen-bond acceptors (Lipinski definition) is 5. The first-order chi connectivity index (χ1) is 12.5. The Morgan fingerprint density at radius 3 is 2.31 bits per heavy atom. The molecule has 3 rings (SSSR count). The van der Waals surface area contributed by atoms with E-state index in [1.165, 1.54) is 29.2 Å². The van der Waals surface area contributed by atoms with Gasteiger partial charge >= 0.3 is 0 Å². The van der Waals surface area contributed by atoms with Gasteiger partial charge in [0.05, 0.1) is 5.75 Å². The molecule has 0 saturated heterocycles. The van der Waals surface area contributed by atoms with E-state index in [1.54, 1.807) is 31.3 Å². The highest BCUT2D eigenvalue weighted by molar-refractivity contribution is 7.99. The first kappa shape index (κ1) is 18.1. The summed E-state index contributed by atoms with van der Waals surface area (Å²) >= 11 is 1.12. The molecule has 0 N–H and O–H groups in total. The van der Waals surface area contributed by atoms with Crippen molar-refractivity contribution in [1.82, 2.24) is 15.1 Å². The Kier molecular flexibility index (Phi) is 5.62. The van der Waals surface area contributed by atoms with Crippen LogP contribution >= 0.6 is 11.8 Å². The molecular weight excluding hydrogens is 360 g/mol. The highest BCUT2D eigenvalue weighted by atomic mass is 32.2. The molecule has 5 nitrogen and oxygen atoms in total. The third-order valence-electron chi connectivity index (χ3n) is 3.58. The highest BCUT2D eigenvalue weighted by Crippen LogP contribution is 2.23. The van der Waals surface area contributed by atoms with Gasteiger partial charge in [-0.25, -0.2) is 8.78 Å². The first-order valence-electron chi connectivity index (χ1n) is 7.72. The Morgan fingerprint density at radius 1 is 1.04 bits per heavy atom. The molecular formula is C18H15F2N3O2S. The normalized spacial score (nSPS) is 10.7. The highest BCUT2D eigenvalue weighted by Gasteiger charge is 2.14. The molecule has 0 fully saturated rings. The van der Waals surface area contributed by atoms with Crippen molar-refractivity contribution in [3.05, 3.63) is 65.7 Å². The summed E-state index contributed by atoms with van der Waals surface area (Å²) < 4.78 is 31.3. The molecule has 0 unspecified atom stereocenters. The summed E-state index contributed by atoms with van der Waals surface area (Å²) in [5, 5.41) is 8.03. The first-order valence-corrected chi connectivity index (χ1v) is 8.70. The second-order valence-electron chi connectivity index (χ2n) is 5.54. The molecule has 134 valence electrons. The van der Waals surface area contributed by atoms with Gasteiger partial charge in [-0.05, 0) is 42.0 Å². The van der Waals surface area contributed by atoms with Gasteiger partial charge in [-0.2, -0.15) is 0 Å². The Labute approximate surface area is 153 Å². The summed E-state index contributed by atoms with van der Waals surface area (Å²) in [6, 6.07) is 11.7. The van der Waals surface area contributed by atoms with Gasteiger partial charge in [0.15, 0.2) is 0 Å². The fourth-order valence-corrected chi connectivity index (χ4v) is 2.87. The van der Waals surface area contributed by atoms with Gasteiger partial charge in [0.25, 0.3) is 5.22 Å². The van der Waals surface area contributed by atoms with Crippen molar-refractivity contribution < 1.29 is 18.0 Å². The molecule has 1 aromatic heterocycles. The van der Waals surface area contributed by atoms with E-state index in [9.17, 15) is 13.6 Å². The number of hydrogen-bond donors (Lipinski definition) is 0. The number of carbonyl (C=O) groups excluding carboxylic acids is 1. The molecule has 0 atom stereocenters. The molecule has 0 saturated carbocycles. The van der Waals surface area contributed by atoms with Crippen molar-refractivity contribution in [2.75, 3.05) is 12.8 Å². The maximum Gasteiger partial charge on any atom is 0.277 e. The van der Waals surface area contributed by atoms with Crippen molar-refractivity contribution in [3.63, 3.8) is 0 Å². The smallest absolute Gasteiger partial charge is 0.277 e. The number of benzene rings is 2. The van der Waals surface area contributed by atoms with E-state index in [-0.39, 0.29) is 34.4 Å². The summed E-state index contributed by atoms with van der Waals surface area (Å²) in [6.07, 6.45) is 0. The van der Waals surface area contributed by atoms with Crippen LogP contribution in [0, 0.1) is 11.6 Å². The monoisotopic (exact) mass is 375 g/mol. The van der Waals surface area contributed by atoms with Crippen LogP contribution in [0.4, 0.5) is 8.78 Å². The molecule has 0 aliphatic rings. The fraction of sp³-hybridized carbons (Fsp3) is 0.167. The summed E-state index contributed by atoms with van der Waals surface area (Å²) in [5.74, 6) is -0.396. The second kappa shape index (κ2) is 8.09. The van der Waals surface area contributed by atoms with E-state index in [2.05, 4.69) is 10.2 Å². The van der Waals surface area contributed by atoms with Crippen LogP contribution in [0.1, 0.15) is 5.56 Å². The lowest BCUT2D eigenvalue weighted by Gasteiger charge is -2.16. The largest absolute Gasteiger partial charge is 0.411 e. The van der Waals surface area contributed by atoms with Crippen molar-refractivity contribution in [3.8, 4) is 11.5 Å². The molecule has 1 amide bonds. The number of carbonyl (C=O) groups is 1. The van der Waals surface area contributed by atoms with E-state index >= 15 is 0 Å². The molecule has 1 heterocycles.